The number of benzene rings is 1. The standard InChI is InChI=1S/C11H10BrNO3/c1-16-10(15)4-7-2-3-8(5-13)11(12)9(7)6-14/h2-3,14H,4,6H2,1H3. The van der Waals surface area contributed by atoms with Crippen molar-refractivity contribution < 1.29 is 14.6 Å². The number of rotatable bonds is 3. The largest absolute Gasteiger partial charge is 0.469 e. The quantitative estimate of drug-likeness (QED) is 0.854. The first-order chi connectivity index (χ1) is 7.63. The van der Waals surface area contributed by atoms with E-state index in [0.717, 1.165) is 0 Å². The van der Waals surface area contributed by atoms with Crippen LogP contribution >= 0.6 is 15.9 Å². The maximum Gasteiger partial charge on any atom is 0.309 e. The van der Waals surface area contributed by atoms with E-state index in [2.05, 4.69) is 20.7 Å². The smallest absolute Gasteiger partial charge is 0.309 e. The average molecular weight is 284 g/mol. The van der Waals surface area contributed by atoms with Gasteiger partial charge >= 0.3 is 5.97 Å². The van der Waals surface area contributed by atoms with Gasteiger partial charge in [0.05, 0.1) is 25.7 Å². The molecule has 0 fully saturated rings. The van der Waals surface area contributed by atoms with Gasteiger partial charge in [-0.15, -0.1) is 0 Å². The molecule has 4 nitrogen and oxygen atoms in total. The second kappa shape index (κ2) is 5.64. The Kier molecular flexibility index (Phi) is 4.47. The van der Waals surface area contributed by atoms with Crippen molar-refractivity contribution in [1.82, 2.24) is 0 Å². The van der Waals surface area contributed by atoms with E-state index in [0.29, 0.717) is 21.2 Å². The molecule has 0 bridgehead atoms. The molecule has 0 unspecified atom stereocenters. The van der Waals surface area contributed by atoms with Crippen molar-refractivity contribution in [3.8, 4) is 6.07 Å². The minimum absolute atomic E-state index is 0.0801. The second-order valence-corrected chi connectivity index (χ2v) is 3.88. The molecule has 0 amide bonds. The number of carbonyl (C=O) groups excluding carboxylic acids is 1. The molecule has 0 aliphatic rings. The Morgan fingerprint density at radius 1 is 1.62 bits per heavy atom. The molecular formula is C11H10BrNO3. The van der Waals surface area contributed by atoms with E-state index in [9.17, 15) is 9.90 Å². The van der Waals surface area contributed by atoms with E-state index < -0.39 is 0 Å². The Morgan fingerprint density at radius 2 is 2.31 bits per heavy atom. The first kappa shape index (κ1) is 12.7. The molecule has 84 valence electrons. The highest BCUT2D eigenvalue weighted by Crippen LogP contribution is 2.25. The fourth-order valence-electron chi connectivity index (χ4n) is 1.31. The third-order valence-corrected chi connectivity index (χ3v) is 3.09. The van der Waals surface area contributed by atoms with E-state index in [1.807, 2.05) is 6.07 Å². The van der Waals surface area contributed by atoms with Crippen molar-refractivity contribution in [3.63, 3.8) is 0 Å². The Hall–Kier alpha value is -1.38. The van der Waals surface area contributed by atoms with Gasteiger partial charge in [-0.05, 0) is 33.1 Å². The molecule has 0 spiro atoms. The minimum atomic E-state index is -0.383. The number of carbonyl (C=O) groups is 1. The number of esters is 1. The highest BCUT2D eigenvalue weighted by atomic mass is 79.9. The fourth-order valence-corrected chi connectivity index (χ4v) is 1.91. The maximum absolute atomic E-state index is 11.1. The van der Waals surface area contributed by atoms with Crippen molar-refractivity contribution in [2.75, 3.05) is 7.11 Å². The van der Waals surface area contributed by atoms with Gasteiger partial charge in [-0.2, -0.15) is 5.26 Å². The van der Waals surface area contributed by atoms with Gasteiger partial charge in [-0.25, -0.2) is 0 Å². The van der Waals surface area contributed by atoms with Crippen LogP contribution in [0.25, 0.3) is 0 Å². The molecule has 1 aromatic rings. The van der Waals surface area contributed by atoms with Crippen molar-refractivity contribution in [3.05, 3.63) is 33.3 Å². The second-order valence-electron chi connectivity index (χ2n) is 3.09. The first-order valence-electron chi connectivity index (χ1n) is 4.52. The van der Waals surface area contributed by atoms with Crippen LogP contribution in [0.2, 0.25) is 0 Å². The van der Waals surface area contributed by atoms with Crippen molar-refractivity contribution in [2.24, 2.45) is 0 Å². The fraction of sp³-hybridized carbons (Fsp3) is 0.273. The Morgan fingerprint density at radius 3 is 2.81 bits per heavy atom. The van der Waals surface area contributed by atoms with Gasteiger partial charge in [-0.3, -0.25) is 4.79 Å². The highest BCUT2D eigenvalue weighted by molar-refractivity contribution is 9.10. The SMILES string of the molecule is COC(=O)Cc1ccc(C#N)c(Br)c1CO. The molecule has 1 rings (SSSR count). The Bertz CT molecular complexity index is 451. The lowest BCUT2D eigenvalue weighted by Gasteiger charge is -2.09. The summed E-state index contributed by atoms with van der Waals surface area (Å²) >= 11 is 3.23. The predicted octanol–water partition coefficient (Wildman–Crippen LogP) is 1.53. The van der Waals surface area contributed by atoms with Crippen LogP contribution in [0.4, 0.5) is 0 Å². The Labute approximate surface area is 102 Å². The lowest BCUT2D eigenvalue weighted by atomic mass is 10.0. The van der Waals surface area contributed by atoms with Gasteiger partial charge in [0.1, 0.15) is 6.07 Å². The van der Waals surface area contributed by atoms with Crippen LogP contribution in [0.5, 0.6) is 0 Å². The molecule has 16 heavy (non-hydrogen) atoms. The molecule has 0 atom stereocenters. The molecule has 0 saturated carbocycles. The number of methoxy groups -OCH3 is 1. The molecule has 0 heterocycles. The van der Waals surface area contributed by atoms with Crippen LogP contribution in [0.15, 0.2) is 16.6 Å². The summed E-state index contributed by atoms with van der Waals surface area (Å²) in [6.07, 6.45) is 0.0801. The molecule has 0 aromatic heterocycles. The van der Waals surface area contributed by atoms with Crippen LogP contribution in [-0.4, -0.2) is 18.2 Å². The van der Waals surface area contributed by atoms with Gasteiger partial charge in [-0.1, -0.05) is 6.07 Å². The maximum atomic E-state index is 11.1. The summed E-state index contributed by atoms with van der Waals surface area (Å²) in [4.78, 5) is 11.1. The number of halogens is 1. The molecule has 0 radical (unpaired) electrons. The molecule has 5 heteroatoms. The van der Waals surface area contributed by atoms with Crippen LogP contribution in [-0.2, 0) is 22.6 Å². The van der Waals surface area contributed by atoms with Crippen LogP contribution in [0.1, 0.15) is 16.7 Å². The number of hydrogen-bond acceptors (Lipinski definition) is 4. The summed E-state index contributed by atoms with van der Waals surface area (Å²) in [5.74, 6) is -0.383. The van der Waals surface area contributed by atoms with Crippen molar-refractivity contribution in [2.45, 2.75) is 13.0 Å². The van der Waals surface area contributed by atoms with Crippen molar-refractivity contribution in [1.29, 1.82) is 5.26 Å². The molecule has 0 aliphatic carbocycles. The molecule has 1 aromatic carbocycles. The average Bonchev–Trinajstić information content (AvgIpc) is 2.29. The summed E-state index contributed by atoms with van der Waals surface area (Å²) in [5, 5.41) is 18.0. The van der Waals surface area contributed by atoms with Gasteiger partial charge in [0.25, 0.3) is 0 Å². The molecule has 1 N–H and O–H groups in total. The number of nitriles is 1. The zero-order valence-corrected chi connectivity index (χ0v) is 10.2. The van der Waals surface area contributed by atoms with E-state index in [1.165, 1.54) is 7.11 Å². The number of hydrogen-bond donors (Lipinski definition) is 1. The first-order valence-corrected chi connectivity index (χ1v) is 5.31. The van der Waals surface area contributed by atoms with E-state index >= 15 is 0 Å². The monoisotopic (exact) mass is 283 g/mol. The number of nitrogens with zero attached hydrogens (tertiary/aromatic N) is 1. The molecule has 0 saturated heterocycles. The van der Waals surface area contributed by atoms with Crippen LogP contribution < -0.4 is 0 Å². The lowest BCUT2D eigenvalue weighted by Crippen LogP contribution is -2.08. The summed E-state index contributed by atoms with van der Waals surface area (Å²) in [6, 6.07) is 5.23. The Balaban J connectivity index is 3.17. The third-order valence-electron chi connectivity index (χ3n) is 2.18. The lowest BCUT2D eigenvalue weighted by molar-refractivity contribution is -0.139. The zero-order chi connectivity index (χ0) is 12.1. The van der Waals surface area contributed by atoms with E-state index in [1.54, 1.807) is 12.1 Å². The van der Waals surface area contributed by atoms with Gasteiger partial charge in [0, 0.05) is 4.47 Å². The number of ether oxygens (including phenoxy) is 1. The third kappa shape index (κ3) is 2.60. The zero-order valence-electron chi connectivity index (χ0n) is 8.66. The number of aliphatic hydroxyl groups is 1. The summed E-state index contributed by atoms with van der Waals surface area (Å²) < 4.78 is 5.08. The topological polar surface area (TPSA) is 70.3 Å². The number of aliphatic hydroxyl groups excluding tert-OH is 1. The van der Waals surface area contributed by atoms with Gasteiger partial charge < -0.3 is 9.84 Å². The summed E-state index contributed by atoms with van der Waals surface area (Å²) in [7, 11) is 1.31. The molecule has 0 aliphatic heterocycles. The van der Waals surface area contributed by atoms with Crippen LogP contribution in [0.3, 0.4) is 0 Å². The van der Waals surface area contributed by atoms with Crippen molar-refractivity contribution >= 4 is 21.9 Å². The normalized spacial score (nSPS) is 9.62. The predicted molar refractivity (Wildman–Crippen MR) is 60.5 cm³/mol. The van der Waals surface area contributed by atoms with Crippen LogP contribution in [0, 0.1) is 11.3 Å². The van der Waals surface area contributed by atoms with E-state index in [-0.39, 0.29) is 19.0 Å². The van der Waals surface area contributed by atoms with E-state index in [4.69, 9.17) is 5.26 Å². The van der Waals surface area contributed by atoms with Gasteiger partial charge in [0.2, 0.25) is 0 Å². The molecular weight excluding hydrogens is 274 g/mol. The minimum Gasteiger partial charge on any atom is -0.469 e. The summed E-state index contributed by atoms with van der Waals surface area (Å²) in [6.45, 7) is -0.234. The van der Waals surface area contributed by atoms with Gasteiger partial charge in [0.15, 0.2) is 0 Å². The summed E-state index contributed by atoms with van der Waals surface area (Å²) in [5.41, 5.74) is 1.63. The highest BCUT2D eigenvalue weighted by Gasteiger charge is 2.13.